The molecule has 1 saturated heterocycles. The van der Waals surface area contributed by atoms with E-state index in [1.165, 1.54) is 44.9 Å². The van der Waals surface area contributed by atoms with E-state index in [0.29, 0.717) is 30.1 Å². The van der Waals surface area contributed by atoms with E-state index in [1.54, 1.807) is 0 Å². The van der Waals surface area contributed by atoms with Gasteiger partial charge < -0.3 is 10.2 Å². The molecule has 4 aliphatic rings. The van der Waals surface area contributed by atoms with E-state index in [4.69, 9.17) is 0 Å². The Bertz CT molecular complexity index is 478. The minimum Gasteiger partial charge on any atom is -0.353 e. The highest BCUT2D eigenvalue weighted by Crippen LogP contribution is 2.49. The monoisotopic (exact) mass is 332 g/mol. The van der Waals surface area contributed by atoms with E-state index in [1.807, 2.05) is 0 Å². The molecule has 1 N–H and O–H groups in total. The van der Waals surface area contributed by atoms with Gasteiger partial charge in [-0.2, -0.15) is 0 Å². The number of hydrogen-bond acceptors (Lipinski definition) is 2. The smallest absolute Gasteiger partial charge is 0.225 e. The van der Waals surface area contributed by atoms with Crippen LogP contribution < -0.4 is 5.32 Å². The molecule has 1 aliphatic heterocycles. The van der Waals surface area contributed by atoms with Crippen molar-refractivity contribution in [2.24, 2.45) is 23.7 Å². The largest absolute Gasteiger partial charge is 0.353 e. The van der Waals surface area contributed by atoms with Gasteiger partial charge >= 0.3 is 0 Å². The first kappa shape index (κ1) is 16.4. The second-order valence-corrected chi connectivity index (χ2v) is 8.80. The minimum absolute atomic E-state index is 0.236. The van der Waals surface area contributed by atoms with Gasteiger partial charge in [0, 0.05) is 31.5 Å². The van der Waals surface area contributed by atoms with Gasteiger partial charge in [-0.3, -0.25) is 9.59 Å². The summed E-state index contributed by atoms with van der Waals surface area (Å²) in [6.07, 6.45) is 12.7. The molecule has 0 radical (unpaired) electrons. The van der Waals surface area contributed by atoms with Crippen LogP contribution in [-0.2, 0) is 9.59 Å². The number of nitrogens with zero attached hydrogens (tertiary/aromatic N) is 1. The number of amides is 2. The molecule has 4 fully saturated rings. The second kappa shape index (κ2) is 7.05. The molecule has 0 aromatic rings. The summed E-state index contributed by atoms with van der Waals surface area (Å²) in [7, 11) is 0. The maximum absolute atomic E-state index is 12.8. The minimum atomic E-state index is 0.236. The summed E-state index contributed by atoms with van der Waals surface area (Å²) in [6, 6.07) is 0.281. The number of hydrogen-bond donors (Lipinski definition) is 1. The molecule has 0 aromatic heterocycles. The summed E-state index contributed by atoms with van der Waals surface area (Å²) in [4.78, 5) is 27.1. The molecule has 24 heavy (non-hydrogen) atoms. The van der Waals surface area contributed by atoms with Crippen LogP contribution in [0.2, 0.25) is 0 Å². The van der Waals surface area contributed by atoms with Gasteiger partial charge in [-0.25, -0.2) is 0 Å². The summed E-state index contributed by atoms with van der Waals surface area (Å²) in [5.41, 5.74) is 0. The van der Waals surface area contributed by atoms with Crippen molar-refractivity contribution in [1.29, 1.82) is 0 Å². The standard InChI is InChI=1S/C20H32N2O2/c23-19(13-14-3-1-2-4-14)21-17-7-9-22(10-8-17)20(24)18-12-15-5-6-16(18)11-15/h14-18H,1-13H2,(H,21,23)/t15-,16-,18-/m0/s1. The Morgan fingerprint density at radius 2 is 1.67 bits per heavy atom. The summed E-state index contributed by atoms with van der Waals surface area (Å²) >= 11 is 0. The highest BCUT2D eigenvalue weighted by atomic mass is 16.2. The molecule has 2 amide bonds. The number of carbonyl (C=O) groups excluding carboxylic acids is 2. The van der Waals surface area contributed by atoms with Gasteiger partial charge in [-0.1, -0.05) is 19.3 Å². The summed E-state index contributed by atoms with van der Waals surface area (Å²) in [5, 5.41) is 3.22. The van der Waals surface area contributed by atoms with E-state index in [-0.39, 0.29) is 11.9 Å². The van der Waals surface area contributed by atoms with Crippen molar-refractivity contribution >= 4 is 11.8 Å². The predicted molar refractivity (Wildman–Crippen MR) is 93.3 cm³/mol. The van der Waals surface area contributed by atoms with Crippen LogP contribution in [0.4, 0.5) is 0 Å². The fourth-order valence-corrected chi connectivity index (χ4v) is 5.79. The van der Waals surface area contributed by atoms with Crippen molar-refractivity contribution in [1.82, 2.24) is 10.2 Å². The van der Waals surface area contributed by atoms with Crippen molar-refractivity contribution < 1.29 is 9.59 Å². The Hall–Kier alpha value is -1.06. The van der Waals surface area contributed by atoms with E-state index in [2.05, 4.69) is 10.2 Å². The van der Waals surface area contributed by atoms with Gasteiger partial charge in [-0.05, 0) is 62.7 Å². The van der Waals surface area contributed by atoms with Crippen LogP contribution in [0, 0.1) is 23.7 Å². The SMILES string of the molecule is O=C(CC1CCCC1)NC1CCN(C(=O)[C@H]2C[C@H]3CC[C@H]2C3)CC1. The van der Waals surface area contributed by atoms with Crippen LogP contribution in [0.5, 0.6) is 0 Å². The first-order chi connectivity index (χ1) is 11.7. The first-order valence-electron chi connectivity index (χ1n) is 10.3. The highest BCUT2D eigenvalue weighted by Gasteiger charge is 2.44. The average Bonchev–Trinajstić information content (AvgIpc) is 3.32. The van der Waals surface area contributed by atoms with Crippen LogP contribution in [0.25, 0.3) is 0 Å². The number of likely N-dealkylation sites (tertiary alicyclic amines) is 1. The highest BCUT2D eigenvalue weighted by molar-refractivity contribution is 5.80. The Morgan fingerprint density at radius 3 is 2.29 bits per heavy atom. The lowest BCUT2D eigenvalue weighted by atomic mass is 9.87. The Morgan fingerprint density at radius 1 is 0.917 bits per heavy atom. The third-order valence-electron chi connectivity index (χ3n) is 7.18. The maximum atomic E-state index is 12.8. The number of rotatable bonds is 4. The zero-order valence-electron chi connectivity index (χ0n) is 14.8. The van der Waals surface area contributed by atoms with E-state index < -0.39 is 0 Å². The summed E-state index contributed by atoms with van der Waals surface area (Å²) < 4.78 is 0. The molecule has 2 bridgehead atoms. The molecule has 3 aliphatic carbocycles. The quantitative estimate of drug-likeness (QED) is 0.860. The summed E-state index contributed by atoms with van der Waals surface area (Å²) in [5.74, 6) is 3.09. The van der Waals surface area contributed by atoms with Crippen molar-refractivity contribution in [3.05, 3.63) is 0 Å². The molecule has 0 spiro atoms. The molecule has 1 heterocycles. The molecule has 4 rings (SSSR count). The predicted octanol–water partition coefficient (Wildman–Crippen LogP) is 3.11. The maximum Gasteiger partial charge on any atom is 0.225 e. The Kier molecular flexibility index (Phi) is 4.82. The van der Waals surface area contributed by atoms with Crippen LogP contribution in [0.1, 0.15) is 70.6 Å². The lowest BCUT2D eigenvalue weighted by molar-refractivity contribution is -0.138. The van der Waals surface area contributed by atoms with Gasteiger partial charge in [0.05, 0.1) is 0 Å². The molecule has 3 atom stereocenters. The van der Waals surface area contributed by atoms with Crippen LogP contribution in [0.3, 0.4) is 0 Å². The third kappa shape index (κ3) is 3.48. The van der Waals surface area contributed by atoms with Crippen LogP contribution in [-0.4, -0.2) is 35.8 Å². The zero-order valence-corrected chi connectivity index (χ0v) is 14.8. The van der Waals surface area contributed by atoms with E-state index in [0.717, 1.165) is 38.3 Å². The lowest BCUT2D eigenvalue weighted by Crippen LogP contribution is -2.48. The number of piperidine rings is 1. The fourth-order valence-electron chi connectivity index (χ4n) is 5.79. The number of nitrogens with one attached hydrogen (secondary N) is 1. The van der Waals surface area contributed by atoms with Gasteiger partial charge in [0.25, 0.3) is 0 Å². The zero-order chi connectivity index (χ0) is 16.5. The van der Waals surface area contributed by atoms with Crippen molar-refractivity contribution in [2.45, 2.75) is 76.7 Å². The second-order valence-electron chi connectivity index (χ2n) is 8.80. The van der Waals surface area contributed by atoms with E-state index in [9.17, 15) is 9.59 Å². The van der Waals surface area contributed by atoms with Crippen molar-refractivity contribution in [3.63, 3.8) is 0 Å². The van der Waals surface area contributed by atoms with Crippen LogP contribution in [0.15, 0.2) is 0 Å². The molecule has 0 aromatic carbocycles. The molecule has 134 valence electrons. The average molecular weight is 332 g/mol. The van der Waals surface area contributed by atoms with Crippen LogP contribution >= 0.6 is 0 Å². The van der Waals surface area contributed by atoms with E-state index >= 15 is 0 Å². The first-order valence-corrected chi connectivity index (χ1v) is 10.3. The fraction of sp³-hybridized carbons (Fsp3) is 0.900. The number of carbonyl (C=O) groups is 2. The van der Waals surface area contributed by atoms with Gasteiger partial charge in [0.1, 0.15) is 0 Å². The third-order valence-corrected chi connectivity index (χ3v) is 7.18. The normalized spacial score (nSPS) is 34.0. The molecule has 4 heteroatoms. The number of fused-ring (bicyclic) bond motifs is 2. The van der Waals surface area contributed by atoms with Crippen molar-refractivity contribution in [2.75, 3.05) is 13.1 Å². The topological polar surface area (TPSA) is 49.4 Å². The molecule has 0 unspecified atom stereocenters. The molecular formula is C20H32N2O2. The lowest BCUT2D eigenvalue weighted by Gasteiger charge is -2.35. The summed E-state index contributed by atoms with van der Waals surface area (Å²) in [6.45, 7) is 1.67. The van der Waals surface area contributed by atoms with Gasteiger partial charge in [0.15, 0.2) is 0 Å². The molecule has 4 nitrogen and oxygen atoms in total. The Balaban J connectivity index is 1.20. The molecule has 3 saturated carbocycles. The van der Waals surface area contributed by atoms with Gasteiger partial charge in [-0.15, -0.1) is 0 Å². The Labute approximate surface area is 145 Å². The van der Waals surface area contributed by atoms with Gasteiger partial charge in [0.2, 0.25) is 11.8 Å². The molecular weight excluding hydrogens is 300 g/mol. The van der Waals surface area contributed by atoms with Crippen molar-refractivity contribution in [3.8, 4) is 0 Å².